The SMILES string of the molecule is Cl.NC[C@H]1CC[C@@H](C(=O)N2CCc3c(Br)cccc3C2)O1. The van der Waals surface area contributed by atoms with Crippen LogP contribution in [-0.4, -0.2) is 36.1 Å². The Kier molecular flexibility index (Phi) is 5.66. The van der Waals surface area contributed by atoms with Crippen molar-refractivity contribution in [3.05, 3.63) is 33.8 Å². The summed E-state index contributed by atoms with van der Waals surface area (Å²) < 4.78 is 6.85. The molecule has 2 N–H and O–H groups in total. The molecular weight excluding hydrogens is 356 g/mol. The van der Waals surface area contributed by atoms with Crippen molar-refractivity contribution < 1.29 is 9.53 Å². The maximum absolute atomic E-state index is 12.5. The summed E-state index contributed by atoms with van der Waals surface area (Å²) in [6.07, 6.45) is 2.34. The first kappa shape index (κ1) is 16.7. The predicted molar refractivity (Wildman–Crippen MR) is 87.5 cm³/mol. The first-order valence-electron chi connectivity index (χ1n) is 7.09. The summed E-state index contributed by atoms with van der Waals surface area (Å²) in [5, 5.41) is 0. The van der Waals surface area contributed by atoms with Crippen molar-refractivity contribution in [2.45, 2.75) is 38.0 Å². The Labute approximate surface area is 139 Å². The molecule has 0 aliphatic carbocycles. The molecule has 6 heteroatoms. The van der Waals surface area contributed by atoms with E-state index in [4.69, 9.17) is 10.5 Å². The van der Waals surface area contributed by atoms with Gasteiger partial charge in [0.25, 0.3) is 5.91 Å². The normalized spacial score (nSPS) is 24.4. The van der Waals surface area contributed by atoms with Crippen LogP contribution in [0.25, 0.3) is 0 Å². The van der Waals surface area contributed by atoms with Crippen LogP contribution in [0.15, 0.2) is 22.7 Å². The van der Waals surface area contributed by atoms with Gasteiger partial charge in [-0.05, 0) is 36.5 Å². The monoisotopic (exact) mass is 374 g/mol. The number of carbonyl (C=O) groups is 1. The molecule has 2 aliphatic heterocycles. The predicted octanol–water partition coefficient (Wildman–Crippen LogP) is 2.26. The van der Waals surface area contributed by atoms with Gasteiger partial charge in [-0.25, -0.2) is 0 Å². The maximum Gasteiger partial charge on any atom is 0.252 e. The molecule has 3 rings (SSSR count). The van der Waals surface area contributed by atoms with Crippen LogP contribution in [0.1, 0.15) is 24.0 Å². The van der Waals surface area contributed by atoms with Crippen molar-refractivity contribution in [3.63, 3.8) is 0 Å². The van der Waals surface area contributed by atoms with E-state index >= 15 is 0 Å². The second-order valence-electron chi connectivity index (χ2n) is 5.45. The van der Waals surface area contributed by atoms with E-state index in [1.807, 2.05) is 11.0 Å². The van der Waals surface area contributed by atoms with Gasteiger partial charge < -0.3 is 15.4 Å². The zero-order valence-corrected chi connectivity index (χ0v) is 14.2. The maximum atomic E-state index is 12.5. The zero-order chi connectivity index (χ0) is 14.1. The Morgan fingerprint density at radius 3 is 2.95 bits per heavy atom. The summed E-state index contributed by atoms with van der Waals surface area (Å²) in [6.45, 7) is 1.95. The molecule has 1 amide bonds. The van der Waals surface area contributed by atoms with Gasteiger partial charge in [-0.2, -0.15) is 0 Å². The average molecular weight is 376 g/mol. The Morgan fingerprint density at radius 2 is 2.24 bits per heavy atom. The minimum absolute atomic E-state index is 0. The minimum atomic E-state index is -0.294. The second-order valence-corrected chi connectivity index (χ2v) is 6.30. The number of ether oxygens (including phenoxy) is 1. The number of amides is 1. The van der Waals surface area contributed by atoms with E-state index in [1.165, 1.54) is 11.1 Å². The van der Waals surface area contributed by atoms with Crippen LogP contribution < -0.4 is 5.73 Å². The average Bonchev–Trinajstić information content (AvgIpc) is 2.95. The Hall–Kier alpha value is -0.620. The van der Waals surface area contributed by atoms with Gasteiger partial charge in [-0.3, -0.25) is 4.79 Å². The number of carbonyl (C=O) groups excluding carboxylic acids is 1. The summed E-state index contributed by atoms with van der Waals surface area (Å²) in [5.74, 6) is 0.117. The number of hydrogen-bond donors (Lipinski definition) is 1. The van der Waals surface area contributed by atoms with Crippen molar-refractivity contribution in [1.82, 2.24) is 4.90 Å². The van der Waals surface area contributed by atoms with E-state index in [0.717, 1.165) is 30.3 Å². The van der Waals surface area contributed by atoms with Crippen LogP contribution in [0.2, 0.25) is 0 Å². The number of fused-ring (bicyclic) bond motifs is 1. The third-order valence-corrected chi connectivity index (χ3v) is 4.91. The van der Waals surface area contributed by atoms with Gasteiger partial charge in [0.15, 0.2) is 0 Å². The van der Waals surface area contributed by atoms with Crippen LogP contribution in [-0.2, 0) is 22.5 Å². The van der Waals surface area contributed by atoms with Gasteiger partial charge >= 0.3 is 0 Å². The van der Waals surface area contributed by atoms with E-state index < -0.39 is 0 Å². The van der Waals surface area contributed by atoms with Gasteiger partial charge in [0.05, 0.1) is 6.10 Å². The van der Waals surface area contributed by atoms with Gasteiger partial charge in [-0.1, -0.05) is 28.1 Å². The number of halogens is 2. The van der Waals surface area contributed by atoms with Gasteiger partial charge in [0, 0.05) is 24.1 Å². The third kappa shape index (κ3) is 3.42. The molecule has 0 unspecified atom stereocenters. The van der Waals surface area contributed by atoms with Crippen LogP contribution in [0.3, 0.4) is 0 Å². The summed E-state index contributed by atoms with van der Waals surface area (Å²) in [4.78, 5) is 14.4. The lowest BCUT2D eigenvalue weighted by Gasteiger charge is -2.31. The van der Waals surface area contributed by atoms with Gasteiger partial charge in [0.1, 0.15) is 6.10 Å². The van der Waals surface area contributed by atoms with E-state index in [0.29, 0.717) is 13.1 Å². The second kappa shape index (κ2) is 7.09. The van der Waals surface area contributed by atoms with Gasteiger partial charge in [-0.15, -0.1) is 12.4 Å². The molecule has 2 aliphatic rings. The summed E-state index contributed by atoms with van der Waals surface area (Å²) in [7, 11) is 0. The molecule has 1 saturated heterocycles. The van der Waals surface area contributed by atoms with Crippen molar-refractivity contribution >= 4 is 34.2 Å². The highest BCUT2D eigenvalue weighted by atomic mass is 79.9. The summed E-state index contributed by atoms with van der Waals surface area (Å²) in [6, 6.07) is 6.17. The quantitative estimate of drug-likeness (QED) is 0.862. The molecule has 1 aromatic rings. The fourth-order valence-corrected chi connectivity index (χ4v) is 3.62. The Bertz CT molecular complexity index is 526. The first-order valence-corrected chi connectivity index (χ1v) is 7.89. The Morgan fingerprint density at radius 1 is 1.43 bits per heavy atom. The minimum Gasteiger partial charge on any atom is -0.364 e. The molecule has 0 bridgehead atoms. The van der Waals surface area contributed by atoms with Crippen LogP contribution >= 0.6 is 28.3 Å². The summed E-state index contributed by atoms with van der Waals surface area (Å²) in [5.41, 5.74) is 8.15. The molecule has 2 atom stereocenters. The fourth-order valence-electron chi connectivity index (χ4n) is 3.02. The number of hydrogen-bond acceptors (Lipinski definition) is 3. The number of nitrogens with two attached hydrogens (primary N) is 1. The third-order valence-electron chi connectivity index (χ3n) is 4.17. The van der Waals surface area contributed by atoms with Crippen LogP contribution in [0, 0.1) is 0 Å². The largest absolute Gasteiger partial charge is 0.364 e. The lowest BCUT2D eigenvalue weighted by Crippen LogP contribution is -2.42. The topological polar surface area (TPSA) is 55.6 Å². The highest BCUT2D eigenvalue weighted by molar-refractivity contribution is 9.10. The zero-order valence-electron chi connectivity index (χ0n) is 11.8. The molecule has 0 aromatic heterocycles. The first-order chi connectivity index (χ1) is 9.69. The van der Waals surface area contributed by atoms with Crippen LogP contribution in [0.5, 0.6) is 0 Å². The molecule has 0 spiro atoms. The highest BCUT2D eigenvalue weighted by Gasteiger charge is 2.34. The molecule has 116 valence electrons. The smallest absolute Gasteiger partial charge is 0.252 e. The fraction of sp³-hybridized carbons (Fsp3) is 0.533. The molecule has 4 nitrogen and oxygen atoms in total. The number of rotatable bonds is 2. The number of nitrogens with zero attached hydrogens (tertiary/aromatic N) is 1. The molecular formula is C15H20BrClN2O2. The molecule has 21 heavy (non-hydrogen) atoms. The lowest BCUT2D eigenvalue weighted by molar-refractivity contribution is -0.143. The molecule has 0 saturated carbocycles. The highest BCUT2D eigenvalue weighted by Crippen LogP contribution is 2.28. The summed E-state index contributed by atoms with van der Waals surface area (Å²) >= 11 is 3.58. The van der Waals surface area contributed by atoms with Crippen molar-refractivity contribution in [3.8, 4) is 0 Å². The number of benzene rings is 1. The van der Waals surface area contributed by atoms with Crippen LogP contribution in [0.4, 0.5) is 0 Å². The standard InChI is InChI=1S/C15H19BrN2O2.ClH/c16-13-3-1-2-10-9-18(7-6-12(10)13)15(19)14-5-4-11(8-17)20-14;/h1-3,11,14H,4-9,17H2;1H/t11-,14+;/m1./s1. The van der Waals surface area contributed by atoms with Crippen molar-refractivity contribution in [2.75, 3.05) is 13.1 Å². The van der Waals surface area contributed by atoms with Gasteiger partial charge in [0.2, 0.25) is 0 Å². The molecule has 0 radical (unpaired) electrons. The van der Waals surface area contributed by atoms with Crippen molar-refractivity contribution in [1.29, 1.82) is 0 Å². The van der Waals surface area contributed by atoms with Crippen molar-refractivity contribution in [2.24, 2.45) is 5.73 Å². The van der Waals surface area contributed by atoms with E-state index in [1.54, 1.807) is 0 Å². The molecule has 2 heterocycles. The lowest BCUT2D eigenvalue weighted by atomic mass is 9.99. The van der Waals surface area contributed by atoms with E-state index in [9.17, 15) is 4.79 Å². The van der Waals surface area contributed by atoms with E-state index in [2.05, 4.69) is 28.1 Å². The van der Waals surface area contributed by atoms with E-state index in [-0.39, 0.29) is 30.5 Å². The molecule has 1 aromatic carbocycles. The Balaban J connectivity index is 0.00000161. The molecule has 1 fully saturated rings.